The van der Waals surface area contributed by atoms with E-state index in [1.165, 1.54) is 0 Å². The zero-order valence-corrected chi connectivity index (χ0v) is 6.39. The second-order valence-corrected chi connectivity index (χ2v) is 2.72. The second kappa shape index (κ2) is 3.01. The fourth-order valence-electron chi connectivity index (χ4n) is 0.906. The summed E-state index contributed by atoms with van der Waals surface area (Å²) >= 11 is 0. The van der Waals surface area contributed by atoms with Crippen molar-refractivity contribution in [2.75, 3.05) is 6.61 Å². The average molecular weight is 143 g/mol. The van der Waals surface area contributed by atoms with Gasteiger partial charge >= 0.3 is 0 Å². The van der Waals surface area contributed by atoms with Gasteiger partial charge in [-0.05, 0) is 19.3 Å². The SMILES string of the molecule is CCONC(=O)C1CC1C. The molecule has 2 unspecified atom stereocenters. The summed E-state index contributed by atoms with van der Waals surface area (Å²) < 4.78 is 0. The molecule has 10 heavy (non-hydrogen) atoms. The topological polar surface area (TPSA) is 38.3 Å². The van der Waals surface area contributed by atoms with Crippen molar-refractivity contribution in [3.8, 4) is 0 Å². The predicted molar refractivity (Wildman–Crippen MR) is 37.0 cm³/mol. The van der Waals surface area contributed by atoms with Crippen LogP contribution in [0.25, 0.3) is 0 Å². The molecule has 0 spiro atoms. The predicted octanol–water partition coefficient (Wildman–Crippen LogP) is 0.710. The highest BCUT2D eigenvalue weighted by molar-refractivity contribution is 5.80. The lowest BCUT2D eigenvalue weighted by Gasteiger charge is -2.00. The first kappa shape index (κ1) is 7.54. The molecule has 0 aliphatic heterocycles. The smallest absolute Gasteiger partial charge is 0.246 e. The Labute approximate surface area is 60.7 Å². The number of nitrogens with one attached hydrogen (secondary N) is 1. The molecule has 0 aromatic rings. The first-order valence-electron chi connectivity index (χ1n) is 3.67. The van der Waals surface area contributed by atoms with Crippen LogP contribution in [0, 0.1) is 11.8 Å². The highest BCUT2D eigenvalue weighted by Gasteiger charge is 2.39. The van der Waals surface area contributed by atoms with Gasteiger partial charge in [0.25, 0.3) is 0 Å². The molecule has 0 aromatic heterocycles. The molecule has 58 valence electrons. The van der Waals surface area contributed by atoms with Crippen LogP contribution in [0.4, 0.5) is 0 Å². The van der Waals surface area contributed by atoms with E-state index >= 15 is 0 Å². The van der Waals surface area contributed by atoms with Gasteiger partial charge in [-0.25, -0.2) is 5.48 Å². The van der Waals surface area contributed by atoms with E-state index in [2.05, 4.69) is 12.4 Å². The van der Waals surface area contributed by atoms with Gasteiger partial charge in [-0.3, -0.25) is 9.63 Å². The molecule has 0 aromatic carbocycles. The summed E-state index contributed by atoms with van der Waals surface area (Å²) in [4.78, 5) is 15.7. The summed E-state index contributed by atoms with van der Waals surface area (Å²) in [6.45, 7) is 4.44. The number of amides is 1. The van der Waals surface area contributed by atoms with Crippen LogP contribution in [0.3, 0.4) is 0 Å². The molecule has 0 heterocycles. The summed E-state index contributed by atoms with van der Waals surface area (Å²) in [6.07, 6.45) is 1.01. The largest absolute Gasteiger partial charge is 0.274 e. The second-order valence-electron chi connectivity index (χ2n) is 2.72. The van der Waals surface area contributed by atoms with E-state index in [-0.39, 0.29) is 11.8 Å². The van der Waals surface area contributed by atoms with Crippen molar-refractivity contribution in [2.45, 2.75) is 20.3 Å². The Balaban J connectivity index is 2.11. The lowest BCUT2D eigenvalue weighted by Crippen LogP contribution is -2.25. The van der Waals surface area contributed by atoms with Crippen molar-refractivity contribution in [2.24, 2.45) is 11.8 Å². The molecule has 0 saturated heterocycles. The van der Waals surface area contributed by atoms with Crippen molar-refractivity contribution >= 4 is 5.91 Å². The molecule has 1 N–H and O–H groups in total. The summed E-state index contributed by atoms with van der Waals surface area (Å²) in [6, 6.07) is 0. The molecular formula is C7H13NO2. The molecule has 1 rings (SSSR count). The van der Waals surface area contributed by atoms with Crippen LogP contribution in [0.1, 0.15) is 20.3 Å². The number of hydrogen-bond acceptors (Lipinski definition) is 2. The third kappa shape index (κ3) is 1.70. The fraction of sp³-hybridized carbons (Fsp3) is 0.857. The molecule has 3 heteroatoms. The molecule has 3 nitrogen and oxygen atoms in total. The van der Waals surface area contributed by atoms with E-state index < -0.39 is 0 Å². The monoisotopic (exact) mass is 143 g/mol. The quantitative estimate of drug-likeness (QED) is 0.591. The third-order valence-electron chi connectivity index (χ3n) is 1.76. The van der Waals surface area contributed by atoms with Crippen molar-refractivity contribution in [3.05, 3.63) is 0 Å². The average Bonchev–Trinajstić information content (AvgIpc) is 2.62. The van der Waals surface area contributed by atoms with E-state index in [0.29, 0.717) is 12.5 Å². The molecule has 0 radical (unpaired) electrons. The summed E-state index contributed by atoms with van der Waals surface area (Å²) in [7, 11) is 0. The lowest BCUT2D eigenvalue weighted by molar-refractivity contribution is -0.134. The standard InChI is InChI=1S/C7H13NO2/c1-3-10-8-7(9)6-4-5(6)2/h5-6H,3-4H2,1-2H3,(H,8,9). The van der Waals surface area contributed by atoms with Crippen LogP contribution < -0.4 is 5.48 Å². The Morgan fingerprint density at radius 2 is 2.40 bits per heavy atom. The molecule has 2 atom stereocenters. The van der Waals surface area contributed by atoms with Crippen LogP contribution in [-0.4, -0.2) is 12.5 Å². The van der Waals surface area contributed by atoms with E-state index in [1.807, 2.05) is 6.92 Å². The highest BCUT2D eigenvalue weighted by Crippen LogP contribution is 2.37. The fourth-order valence-corrected chi connectivity index (χ4v) is 0.906. The van der Waals surface area contributed by atoms with Crippen LogP contribution in [0.15, 0.2) is 0 Å². The van der Waals surface area contributed by atoms with Gasteiger partial charge in [-0.15, -0.1) is 0 Å². The first-order chi connectivity index (χ1) is 4.75. The van der Waals surface area contributed by atoms with Gasteiger partial charge in [0.1, 0.15) is 0 Å². The number of hydroxylamine groups is 1. The Morgan fingerprint density at radius 1 is 1.80 bits per heavy atom. The number of carbonyl (C=O) groups is 1. The lowest BCUT2D eigenvalue weighted by atomic mass is 10.3. The van der Waals surface area contributed by atoms with E-state index in [1.54, 1.807) is 0 Å². The maximum Gasteiger partial charge on any atom is 0.246 e. The maximum absolute atomic E-state index is 10.9. The Bertz CT molecular complexity index is 136. The molecule has 1 saturated carbocycles. The van der Waals surface area contributed by atoms with Gasteiger partial charge in [-0.2, -0.15) is 0 Å². The zero-order chi connectivity index (χ0) is 7.56. The van der Waals surface area contributed by atoms with E-state index in [4.69, 9.17) is 4.84 Å². The normalized spacial score (nSPS) is 29.8. The molecule has 1 aliphatic carbocycles. The van der Waals surface area contributed by atoms with Crippen LogP contribution in [0.2, 0.25) is 0 Å². The number of hydrogen-bond donors (Lipinski definition) is 1. The minimum atomic E-state index is 0.0364. The zero-order valence-electron chi connectivity index (χ0n) is 6.39. The van der Waals surface area contributed by atoms with Gasteiger partial charge in [-0.1, -0.05) is 6.92 Å². The van der Waals surface area contributed by atoms with Crippen LogP contribution in [-0.2, 0) is 9.63 Å². The van der Waals surface area contributed by atoms with Gasteiger partial charge in [0.2, 0.25) is 5.91 Å². The van der Waals surface area contributed by atoms with E-state index in [9.17, 15) is 4.79 Å². The molecule has 1 aliphatic rings. The van der Waals surface area contributed by atoms with Gasteiger partial charge in [0, 0.05) is 5.92 Å². The Morgan fingerprint density at radius 3 is 2.80 bits per heavy atom. The van der Waals surface area contributed by atoms with Crippen molar-refractivity contribution in [1.82, 2.24) is 5.48 Å². The molecular weight excluding hydrogens is 130 g/mol. The number of rotatable bonds is 3. The first-order valence-corrected chi connectivity index (χ1v) is 3.67. The molecule has 1 amide bonds. The van der Waals surface area contributed by atoms with Crippen molar-refractivity contribution in [3.63, 3.8) is 0 Å². The minimum absolute atomic E-state index is 0.0364. The van der Waals surface area contributed by atoms with Crippen LogP contribution in [0.5, 0.6) is 0 Å². The van der Waals surface area contributed by atoms with Crippen molar-refractivity contribution in [1.29, 1.82) is 0 Å². The Hall–Kier alpha value is -0.570. The third-order valence-corrected chi connectivity index (χ3v) is 1.76. The number of carbonyl (C=O) groups excluding carboxylic acids is 1. The minimum Gasteiger partial charge on any atom is -0.274 e. The molecule has 1 fully saturated rings. The van der Waals surface area contributed by atoms with E-state index in [0.717, 1.165) is 6.42 Å². The van der Waals surface area contributed by atoms with Gasteiger partial charge in [0.05, 0.1) is 6.61 Å². The Kier molecular flexibility index (Phi) is 2.27. The highest BCUT2D eigenvalue weighted by atomic mass is 16.6. The van der Waals surface area contributed by atoms with Gasteiger partial charge in [0.15, 0.2) is 0 Å². The summed E-state index contributed by atoms with van der Waals surface area (Å²) in [5.41, 5.74) is 2.39. The van der Waals surface area contributed by atoms with Crippen molar-refractivity contribution < 1.29 is 9.63 Å². The molecule has 0 bridgehead atoms. The summed E-state index contributed by atoms with van der Waals surface area (Å²) in [5.74, 6) is 0.807. The van der Waals surface area contributed by atoms with Crippen LogP contribution >= 0.6 is 0 Å². The maximum atomic E-state index is 10.9. The summed E-state index contributed by atoms with van der Waals surface area (Å²) in [5, 5.41) is 0. The van der Waals surface area contributed by atoms with Gasteiger partial charge < -0.3 is 0 Å².